The number of aromatic nitrogens is 3. The quantitative estimate of drug-likeness (QED) is 0.740. The molecule has 2 aliphatic heterocycles. The van der Waals surface area contributed by atoms with Crippen molar-refractivity contribution in [1.29, 1.82) is 0 Å². The number of nitrogens with one attached hydrogen (secondary N) is 1. The van der Waals surface area contributed by atoms with Crippen molar-refractivity contribution in [1.82, 2.24) is 19.9 Å². The first-order valence-electron chi connectivity index (χ1n) is 10.2. The first-order valence-corrected chi connectivity index (χ1v) is 10.2. The largest absolute Gasteiger partial charge is 0.371 e. The summed E-state index contributed by atoms with van der Waals surface area (Å²) >= 11 is 0. The fourth-order valence-electron chi connectivity index (χ4n) is 4.32. The van der Waals surface area contributed by atoms with Crippen LogP contribution in [-0.2, 0) is 4.74 Å². The molecule has 1 N–H and O–H groups in total. The van der Waals surface area contributed by atoms with Crippen LogP contribution in [-0.4, -0.2) is 51.6 Å². The minimum atomic E-state index is 0.157. The third-order valence-electron chi connectivity index (χ3n) is 5.72. The van der Waals surface area contributed by atoms with E-state index in [2.05, 4.69) is 50.5 Å². The molecule has 0 saturated carbocycles. The van der Waals surface area contributed by atoms with Gasteiger partial charge in [0.25, 0.3) is 0 Å². The third-order valence-corrected chi connectivity index (χ3v) is 5.72. The lowest BCUT2D eigenvalue weighted by molar-refractivity contribution is -0.0501. The van der Waals surface area contributed by atoms with Gasteiger partial charge in [-0.15, -0.1) is 0 Å². The van der Waals surface area contributed by atoms with Crippen LogP contribution < -0.4 is 5.32 Å². The zero-order valence-corrected chi connectivity index (χ0v) is 16.5. The smallest absolute Gasteiger partial charge is 0.163 e. The van der Waals surface area contributed by atoms with Gasteiger partial charge in [0.05, 0.1) is 12.7 Å². The number of nitrogens with zero attached hydrogens (tertiary/aromatic N) is 4. The van der Waals surface area contributed by atoms with Gasteiger partial charge in [-0.1, -0.05) is 30.3 Å². The highest BCUT2D eigenvalue weighted by Crippen LogP contribution is 2.31. The van der Waals surface area contributed by atoms with Gasteiger partial charge in [0, 0.05) is 54.9 Å². The van der Waals surface area contributed by atoms with Gasteiger partial charge >= 0.3 is 0 Å². The lowest BCUT2D eigenvalue weighted by Crippen LogP contribution is -2.42. The molecule has 29 heavy (non-hydrogen) atoms. The van der Waals surface area contributed by atoms with E-state index in [-0.39, 0.29) is 6.10 Å². The van der Waals surface area contributed by atoms with Crippen molar-refractivity contribution >= 4 is 5.82 Å². The fourth-order valence-corrected chi connectivity index (χ4v) is 4.32. The van der Waals surface area contributed by atoms with E-state index in [1.165, 1.54) is 5.56 Å². The number of fused-ring (bicyclic) bond motifs is 1. The lowest BCUT2D eigenvalue weighted by Gasteiger charge is -2.35. The Hall–Kier alpha value is -2.83. The van der Waals surface area contributed by atoms with Crippen molar-refractivity contribution < 1.29 is 4.74 Å². The highest BCUT2D eigenvalue weighted by atomic mass is 16.5. The molecule has 148 valence electrons. The number of morpholine rings is 1. The molecule has 6 nitrogen and oxygen atoms in total. The van der Waals surface area contributed by atoms with Crippen molar-refractivity contribution in [3.63, 3.8) is 0 Å². The maximum Gasteiger partial charge on any atom is 0.163 e. The van der Waals surface area contributed by atoms with Gasteiger partial charge in [0.1, 0.15) is 5.82 Å². The molecule has 2 aromatic heterocycles. The first-order chi connectivity index (χ1) is 14.2. The van der Waals surface area contributed by atoms with Crippen LogP contribution in [0.1, 0.15) is 23.8 Å². The number of pyridine rings is 1. The number of rotatable bonds is 4. The molecule has 0 aliphatic carbocycles. The fraction of sp³-hybridized carbons (Fsp3) is 0.348. The molecule has 2 fully saturated rings. The van der Waals surface area contributed by atoms with Crippen molar-refractivity contribution in [3.05, 3.63) is 72.2 Å². The summed E-state index contributed by atoms with van der Waals surface area (Å²) in [5.41, 5.74) is 3.14. The first kappa shape index (κ1) is 18.2. The van der Waals surface area contributed by atoms with E-state index >= 15 is 0 Å². The minimum Gasteiger partial charge on any atom is -0.371 e. The summed E-state index contributed by atoms with van der Waals surface area (Å²) in [4.78, 5) is 16.0. The molecule has 5 rings (SSSR count). The number of aryl methyl sites for hydroxylation is 1. The molecule has 4 heterocycles. The second kappa shape index (κ2) is 7.89. The summed E-state index contributed by atoms with van der Waals surface area (Å²) in [6.45, 7) is 4.73. The summed E-state index contributed by atoms with van der Waals surface area (Å²) in [6, 6.07) is 17.2. The van der Waals surface area contributed by atoms with Gasteiger partial charge in [0.2, 0.25) is 0 Å². The Morgan fingerprint density at radius 2 is 1.97 bits per heavy atom. The normalized spacial score (nSPS) is 24.2. The van der Waals surface area contributed by atoms with Gasteiger partial charge in [-0.2, -0.15) is 0 Å². The second-order valence-corrected chi connectivity index (χ2v) is 7.88. The summed E-state index contributed by atoms with van der Waals surface area (Å²) in [6.07, 6.45) is 4.78. The Bertz CT molecular complexity index is 966. The summed E-state index contributed by atoms with van der Waals surface area (Å²) in [5, 5.41) is 3.63. The van der Waals surface area contributed by atoms with Crippen LogP contribution in [0.2, 0.25) is 0 Å². The van der Waals surface area contributed by atoms with E-state index < -0.39 is 0 Å². The summed E-state index contributed by atoms with van der Waals surface area (Å²) < 4.78 is 6.17. The summed E-state index contributed by atoms with van der Waals surface area (Å²) in [5.74, 6) is 1.59. The lowest BCUT2D eigenvalue weighted by atomic mass is 10.1. The standard InChI is InChI=1S/C23H25N5O/c1-16-10-22(27-23(25-16)18-8-5-9-24-12-18)26-19-11-20-15-29-21(14-28(20)13-19)17-6-3-2-4-7-17/h2-10,12,19-21H,11,13-15H2,1H3,(H,25,26,27)/t19-,20-,21+/m0/s1. The molecule has 0 bridgehead atoms. The van der Waals surface area contributed by atoms with E-state index in [1.54, 1.807) is 12.4 Å². The Balaban J connectivity index is 1.28. The summed E-state index contributed by atoms with van der Waals surface area (Å²) in [7, 11) is 0. The molecule has 0 radical (unpaired) electrons. The molecular formula is C23H25N5O. The van der Waals surface area contributed by atoms with Crippen molar-refractivity contribution in [2.75, 3.05) is 25.0 Å². The molecule has 0 spiro atoms. The molecule has 2 saturated heterocycles. The Kier molecular flexibility index (Phi) is 4.96. The zero-order chi connectivity index (χ0) is 19.6. The number of hydrogen-bond acceptors (Lipinski definition) is 6. The average Bonchev–Trinajstić information content (AvgIpc) is 3.16. The SMILES string of the molecule is Cc1cc(N[C@H]2C[C@H]3CO[C@@H](c4ccccc4)CN3C2)nc(-c2cccnc2)n1. The van der Waals surface area contributed by atoms with Crippen LogP contribution in [0.15, 0.2) is 60.9 Å². The Morgan fingerprint density at radius 3 is 2.79 bits per heavy atom. The highest BCUT2D eigenvalue weighted by Gasteiger charge is 2.37. The molecule has 0 unspecified atom stereocenters. The molecule has 3 atom stereocenters. The van der Waals surface area contributed by atoms with E-state index in [1.807, 2.05) is 25.1 Å². The van der Waals surface area contributed by atoms with Gasteiger partial charge < -0.3 is 10.1 Å². The van der Waals surface area contributed by atoms with Crippen LogP contribution in [0, 0.1) is 6.92 Å². The molecule has 0 amide bonds. The van der Waals surface area contributed by atoms with Gasteiger partial charge in [-0.25, -0.2) is 9.97 Å². The maximum absolute atomic E-state index is 6.17. The van der Waals surface area contributed by atoms with E-state index in [4.69, 9.17) is 9.72 Å². The number of hydrogen-bond donors (Lipinski definition) is 1. The second-order valence-electron chi connectivity index (χ2n) is 7.88. The Morgan fingerprint density at radius 1 is 1.07 bits per heavy atom. The highest BCUT2D eigenvalue weighted by molar-refractivity contribution is 5.56. The minimum absolute atomic E-state index is 0.157. The van der Waals surface area contributed by atoms with Crippen LogP contribution in [0.5, 0.6) is 0 Å². The van der Waals surface area contributed by atoms with Crippen LogP contribution >= 0.6 is 0 Å². The van der Waals surface area contributed by atoms with Gasteiger partial charge in [0.15, 0.2) is 5.82 Å². The number of ether oxygens (including phenoxy) is 1. The van der Waals surface area contributed by atoms with Crippen molar-refractivity contribution in [2.45, 2.75) is 31.5 Å². The molecule has 2 aliphatic rings. The van der Waals surface area contributed by atoms with Crippen molar-refractivity contribution in [2.24, 2.45) is 0 Å². The molecule has 3 aromatic rings. The number of benzene rings is 1. The third kappa shape index (κ3) is 3.99. The topological polar surface area (TPSA) is 63.2 Å². The van der Waals surface area contributed by atoms with E-state index in [9.17, 15) is 0 Å². The van der Waals surface area contributed by atoms with Gasteiger partial charge in [-0.3, -0.25) is 9.88 Å². The molecule has 6 heteroatoms. The average molecular weight is 387 g/mol. The Labute approximate surface area is 171 Å². The van der Waals surface area contributed by atoms with Crippen molar-refractivity contribution in [3.8, 4) is 11.4 Å². The molecular weight excluding hydrogens is 362 g/mol. The molecule has 1 aromatic carbocycles. The predicted molar refractivity (Wildman–Crippen MR) is 113 cm³/mol. The number of anilines is 1. The van der Waals surface area contributed by atoms with Crippen LogP contribution in [0.3, 0.4) is 0 Å². The van der Waals surface area contributed by atoms with Crippen LogP contribution in [0.4, 0.5) is 5.82 Å². The van der Waals surface area contributed by atoms with E-state index in [0.29, 0.717) is 17.9 Å². The van der Waals surface area contributed by atoms with Gasteiger partial charge in [-0.05, 0) is 31.0 Å². The maximum atomic E-state index is 6.17. The zero-order valence-electron chi connectivity index (χ0n) is 16.5. The van der Waals surface area contributed by atoms with Crippen LogP contribution in [0.25, 0.3) is 11.4 Å². The van der Waals surface area contributed by atoms with E-state index in [0.717, 1.165) is 43.2 Å². The predicted octanol–water partition coefficient (Wildman–Crippen LogP) is 3.47. The monoisotopic (exact) mass is 387 g/mol.